The van der Waals surface area contributed by atoms with Gasteiger partial charge < -0.3 is 9.67 Å². The van der Waals surface area contributed by atoms with Crippen LogP contribution in [-0.4, -0.2) is 20.8 Å². The number of aromatic nitrogens is 2. The Hall–Kier alpha value is -1.00. The Bertz CT molecular complexity index is 517. The highest BCUT2D eigenvalue weighted by atomic mass is 32.2. The molecular weight excluding hydrogens is 304 g/mol. The summed E-state index contributed by atoms with van der Waals surface area (Å²) in [7, 11) is 0. The molecule has 2 unspecified atom stereocenters. The van der Waals surface area contributed by atoms with E-state index in [-0.39, 0.29) is 12.1 Å². The number of hydrogen-bond donors (Lipinski definition) is 1. The van der Waals surface area contributed by atoms with Crippen molar-refractivity contribution >= 4 is 11.8 Å². The third-order valence-corrected chi connectivity index (χ3v) is 5.55. The van der Waals surface area contributed by atoms with Crippen molar-refractivity contribution in [1.29, 1.82) is 0 Å². The van der Waals surface area contributed by atoms with E-state index < -0.39 is 0 Å². The highest BCUT2D eigenvalue weighted by Crippen LogP contribution is 2.30. The van der Waals surface area contributed by atoms with Crippen molar-refractivity contribution in [2.75, 3.05) is 0 Å². The van der Waals surface area contributed by atoms with Crippen LogP contribution in [0, 0.1) is 5.92 Å². The van der Waals surface area contributed by atoms with Crippen LogP contribution in [0.15, 0.2) is 35.5 Å². The van der Waals surface area contributed by atoms with E-state index in [4.69, 9.17) is 0 Å². The largest absolute Gasteiger partial charge is 0.393 e. The maximum atomic E-state index is 10.6. The molecule has 0 radical (unpaired) electrons. The molecule has 2 rings (SSSR count). The molecule has 0 aromatic carbocycles. The molecule has 0 amide bonds. The average molecular weight is 335 g/mol. The van der Waals surface area contributed by atoms with E-state index in [9.17, 15) is 5.11 Å². The second kappa shape index (κ2) is 9.33. The van der Waals surface area contributed by atoms with Crippen LogP contribution in [-0.2, 0) is 6.42 Å². The van der Waals surface area contributed by atoms with Crippen molar-refractivity contribution in [3.8, 4) is 0 Å². The smallest absolute Gasteiger partial charge is 0.0950 e. The van der Waals surface area contributed by atoms with Crippen LogP contribution in [0.5, 0.6) is 0 Å². The first kappa shape index (κ1) is 18.3. The van der Waals surface area contributed by atoms with Gasteiger partial charge in [-0.1, -0.05) is 31.4 Å². The Morgan fingerprint density at radius 3 is 2.91 bits per heavy atom. The first-order chi connectivity index (χ1) is 11.1. The summed E-state index contributed by atoms with van der Waals surface area (Å²) in [4.78, 5) is 4.32. The number of aliphatic hydroxyl groups is 1. The Kier molecular flexibility index (Phi) is 7.44. The molecule has 3 nitrogen and oxygen atoms in total. The topological polar surface area (TPSA) is 38.0 Å². The zero-order chi connectivity index (χ0) is 16.7. The lowest BCUT2D eigenvalue weighted by atomic mass is 9.83. The van der Waals surface area contributed by atoms with Gasteiger partial charge in [0, 0.05) is 24.4 Å². The van der Waals surface area contributed by atoms with Gasteiger partial charge in [0.15, 0.2) is 0 Å². The lowest BCUT2D eigenvalue weighted by molar-refractivity contribution is 0.0655. The number of nitrogens with zero attached hydrogens (tertiary/aromatic N) is 2. The van der Waals surface area contributed by atoms with Gasteiger partial charge in [0.25, 0.3) is 0 Å². The third kappa shape index (κ3) is 5.54. The zero-order valence-corrected chi connectivity index (χ0v) is 15.3. The minimum Gasteiger partial charge on any atom is -0.393 e. The third-order valence-electron chi connectivity index (χ3n) is 4.82. The van der Waals surface area contributed by atoms with Gasteiger partial charge in [-0.15, -0.1) is 11.8 Å². The van der Waals surface area contributed by atoms with Crippen molar-refractivity contribution in [2.24, 2.45) is 5.92 Å². The predicted octanol–water partition coefficient (Wildman–Crippen LogP) is 5.10. The summed E-state index contributed by atoms with van der Waals surface area (Å²) in [5, 5.41) is 14.5. The van der Waals surface area contributed by atoms with Gasteiger partial charge in [-0.3, -0.25) is 0 Å². The van der Waals surface area contributed by atoms with E-state index in [2.05, 4.69) is 35.4 Å². The van der Waals surface area contributed by atoms with Gasteiger partial charge in [-0.25, -0.2) is 4.98 Å². The molecule has 1 saturated carbocycles. The molecule has 1 aromatic rings. The zero-order valence-electron chi connectivity index (χ0n) is 14.4. The average Bonchev–Trinajstić information content (AvgIpc) is 3.01. The van der Waals surface area contributed by atoms with Gasteiger partial charge >= 0.3 is 0 Å². The Morgan fingerprint density at radius 1 is 1.48 bits per heavy atom. The first-order valence-corrected chi connectivity index (χ1v) is 9.67. The van der Waals surface area contributed by atoms with Gasteiger partial charge in [-0.05, 0) is 49.8 Å². The summed E-state index contributed by atoms with van der Waals surface area (Å²) in [6, 6.07) is 0.282. The molecule has 1 fully saturated rings. The van der Waals surface area contributed by atoms with Gasteiger partial charge in [-0.2, -0.15) is 0 Å². The molecule has 23 heavy (non-hydrogen) atoms. The summed E-state index contributed by atoms with van der Waals surface area (Å²) in [6.07, 6.45) is 11.6. The maximum Gasteiger partial charge on any atom is 0.0950 e. The highest BCUT2D eigenvalue weighted by molar-refractivity contribution is 8.04. The Morgan fingerprint density at radius 2 is 2.22 bits per heavy atom. The summed E-state index contributed by atoms with van der Waals surface area (Å²) < 4.78 is 2.22. The molecule has 0 bridgehead atoms. The molecule has 1 heterocycles. The monoisotopic (exact) mass is 334 g/mol. The summed E-state index contributed by atoms with van der Waals surface area (Å²) in [5.74, 6) is 0.490. The van der Waals surface area contributed by atoms with Crippen molar-refractivity contribution in [3.63, 3.8) is 0 Å². The van der Waals surface area contributed by atoms with E-state index >= 15 is 0 Å². The fourth-order valence-corrected chi connectivity index (χ4v) is 3.94. The van der Waals surface area contributed by atoms with Gasteiger partial charge in [0.1, 0.15) is 0 Å². The number of thioether (sulfide) groups is 1. The number of imidazole rings is 1. The molecule has 2 atom stereocenters. The Balaban J connectivity index is 1.95. The van der Waals surface area contributed by atoms with E-state index in [1.54, 1.807) is 11.8 Å². The highest BCUT2D eigenvalue weighted by Gasteiger charge is 2.24. The molecule has 128 valence electrons. The lowest BCUT2D eigenvalue weighted by Gasteiger charge is -2.29. The molecule has 1 aliphatic rings. The number of allylic oxidation sites excluding steroid dienone is 1. The fraction of sp³-hybridized carbons (Fsp3) is 0.632. The first-order valence-electron chi connectivity index (χ1n) is 8.72. The van der Waals surface area contributed by atoms with E-state index in [1.807, 2.05) is 17.9 Å². The van der Waals surface area contributed by atoms with Crippen molar-refractivity contribution in [2.45, 2.75) is 70.9 Å². The SMILES string of the molecule is C=CS/C=C(/C)Cc1cncn1C(C)CC(O)C1CCCCC1. The molecule has 0 spiro atoms. The standard InChI is InChI=1S/C19H30N2OS/c1-4-23-13-15(2)10-18-12-20-14-21(18)16(3)11-19(22)17-8-6-5-7-9-17/h4,12-14,16-17,19,22H,1,5-11H2,2-3H3/b15-13-. The van der Waals surface area contributed by atoms with Crippen molar-refractivity contribution in [1.82, 2.24) is 9.55 Å². The molecule has 1 N–H and O–H groups in total. The van der Waals surface area contributed by atoms with Crippen molar-refractivity contribution < 1.29 is 5.11 Å². The molecular formula is C19H30N2OS. The van der Waals surface area contributed by atoms with E-state index in [1.165, 1.54) is 43.4 Å². The molecule has 1 aliphatic carbocycles. The van der Waals surface area contributed by atoms with Gasteiger partial charge in [0.05, 0.1) is 12.4 Å². The van der Waals surface area contributed by atoms with Crippen LogP contribution in [0.2, 0.25) is 0 Å². The van der Waals surface area contributed by atoms with Crippen LogP contribution in [0.25, 0.3) is 0 Å². The van der Waals surface area contributed by atoms with Gasteiger partial charge in [0.2, 0.25) is 0 Å². The van der Waals surface area contributed by atoms with Crippen LogP contribution < -0.4 is 0 Å². The normalized spacial score (nSPS) is 19.5. The second-order valence-electron chi connectivity index (χ2n) is 6.79. The minimum atomic E-state index is -0.187. The van der Waals surface area contributed by atoms with Crippen molar-refractivity contribution in [3.05, 3.63) is 41.2 Å². The summed E-state index contributed by atoms with van der Waals surface area (Å²) in [5.41, 5.74) is 2.52. The predicted molar refractivity (Wildman–Crippen MR) is 99.4 cm³/mol. The Labute approximate surface area is 144 Å². The van der Waals surface area contributed by atoms with E-state index in [0.29, 0.717) is 5.92 Å². The summed E-state index contributed by atoms with van der Waals surface area (Å²) >= 11 is 1.61. The molecule has 0 aliphatic heterocycles. The van der Waals surface area contributed by atoms with Crippen LogP contribution in [0.3, 0.4) is 0 Å². The summed E-state index contributed by atoms with van der Waals surface area (Å²) in [6.45, 7) is 8.05. The molecule has 0 saturated heterocycles. The quantitative estimate of drug-likeness (QED) is 0.719. The fourth-order valence-electron chi connectivity index (χ4n) is 3.53. The number of rotatable bonds is 8. The number of hydrogen-bond acceptors (Lipinski definition) is 3. The second-order valence-corrected chi connectivity index (χ2v) is 7.63. The van der Waals surface area contributed by atoms with Crippen LogP contribution in [0.4, 0.5) is 0 Å². The number of aliphatic hydroxyl groups excluding tert-OH is 1. The van der Waals surface area contributed by atoms with Crippen LogP contribution >= 0.6 is 11.8 Å². The lowest BCUT2D eigenvalue weighted by Crippen LogP contribution is -2.26. The van der Waals surface area contributed by atoms with Crippen LogP contribution in [0.1, 0.15) is 64.1 Å². The molecule has 1 aromatic heterocycles. The van der Waals surface area contributed by atoms with E-state index in [0.717, 1.165) is 12.8 Å². The maximum absolute atomic E-state index is 10.6. The minimum absolute atomic E-state index is 0.187. The molecule has 4 heteroatoms.